The number of anilines is 1. The standard InChI is InChI=1S/C9H12FN7/c1-6-14-5-15-17(6)9-13-4-7(10)8(16-9)12-3-2-11/h4-5H,2-3,11H2,1H3,(H,12,13,16). The molecule has 0 saturated carbocycles. The van der Waals surface area contributed by atoms with E-state index in [1.54, 1.807) is 6.92 Å². The van der Waals surface area contributed by atoms with Gasteiger partial charge in [0.1, 0.15) is 12.2 Å². The molecular formula is C9H12FN7. The van der Waals surface area contributed by atoms with Crippen LogP contribution in [-0.4, -0.2) is 37.8 Å². The molecule has 8 heteroatoms. The third-order valence-electron chi connectivity index (χ3n) is 2.08. The van der Waals surface area contributed by atoms with Gasteiger partial charge in [0.25, 0.3) is 5.95 Å². The van der Waals surface area contributed by atoms with Crippen LogP contribution in [0.4, 0.5) is 10.2 Å². The van der Waals surface area contributed by atoms with Gasteiger partial charge >= 0.3 is 0 Å². The Morgan fingerprint density at radius 2 is 2.29 bits per heavy atom. The maximum Gasteiger partial charge on any atom is 0.254 e. The molecular weight excluding hydrogens is 225 g/mol. The average molecular weight is 237 g/mol. The molecule has 2 heterocycles. The van der Waals surface area contributed by atoms with E-state index in [4.69, 9.17) is 5.73 Å². The fraction of sp³-hybridized carbons (Fsp3) is 0.333. The van der Waals surface area contributed by atoms with Crippen molar-refractivity contribution in [2.24, 2.45) is 5.73 Å². The Labute approximate surface area is 96.9 Å². The highest BCUT2D eigenvalue weighted by molar-refractivity contribution is 5.37. The van der Waals surface area contributed by atoms with Crippen LogP contribution in [-0.2, 0) is 0 Å². The summed E-state index contributed by atoms with van der Waals surface area (Å²) in [5.41, 5.74) is 5.33. The number of aryl methyl sites for hydroxylation is 1. The minimum atomic E-state index is -0.528. The Hall–Kier alpha value is -2.09. The number of nitrogens with zero attached hydrogens (tertiary/aromatic N) is 5. The normalized spacial score (nSPS) is 10.5. The van der Waals surface area contributed by atoms with Crippen LogP contribution in [0.3, 0.4) is 0 Å². The molecule has 2 aromatic heterocycles. The van der Waals surface area contributed by atoms with Crippen molar-refractivity contribution >= 4 is 5.82 Å². The second-order valence-electron chi connectivity index (χ2n) is 3.30. The number of hydrogen-bond acceptors (Lipinski definition) is 6. The first-order valence-corrected chi connectivity index (χ1v) is 5.06. The molecule has 0 aliphatic rings. The summed E-state index contributed by atoms with van der Waals surface area (Å²) in [7, 11) is 0. The number of rotatable bonds is 4. The van der Waals surface area contributed by atoms with Gasteiger partial charge in [-0.1, -0.05) is 0 Å². The molecule has 0 fully saturated rings. The predicted molar refractivity (Wildman–Crippen MR) is 59.2 cm³/mol. The number of hydrogen-bond donors (Lipinski definition) is 2. The highest BCUT2D eigenvalue weighted by Gasteiger charge is 2.10. The summed E-state index contributed by atoms with van der Waals surface area (Å²) in [5.74, 6) is 0.470. The minimum absolute atomic E-state index is 0.107. The maximum absolute atomic E-state index is 13.4. The summed E-state index contributed by atoms with van der Waals surface area (Å²) in [5, 5.41) is 6.71. The van der Waals surface area contributed by atoms with Gasteiger partial charge < -0.3 is 11.1 Å². The lowest BCUT2D eigenvalue weighted by Crippen LogP contribution is -2.16. The molecule has 17 heavy (non-hydrogen) atoms. The molecule has 0 aliphatic carbocycles. The van der Waals surface area contributed by atoms with E-state index in [-0.39, 0.29) is 11.8 Å². The van der Waals surface area contributed by atoms with Gasteiger partial charge in [0, 0.05) is 13.1 Å². The SMILES string of the molecule is Cc1ncnn1-c1ncc(F)c(NCCN)n1. The first-order valence-electron chi connectivity index (χ1n) is 5.06. The monoisotopic (exact) mass is 237 g/mol. The van der Waals surface area contributed by atoms with Crippen LogP contribution < -0.4 is 11.1 Å². The number of nitrogens with two attached hydrogens (primary N) is 1. The maximum atomic E-state index is 13.4. The van der Waals surface area contributed by atoms with Gasteiger partial charge in [-0.15, -0.1) is 0 Å². The Balaban J connectivity index is 2.34. The molecule has 0 aliphatic heterocycles. The molecule has 2 aromatic rings. The smallest absolute Gasteiger partial charge is 0.254 e. The first-order chi connectivity index (χ1) is 8.22. The average Bonchev–Trinajstić information content (AvgIpc) is 2.75. The quantitative estimate of drug-likeness (QED) is 0.769. The highest BCUT2D eigenvalue weighted by Crippen LogP contribution is 2.11. The fourth-order valence-corrected chi connectivity index (χ4v) is 1.27. The second kappa shape index (κ2) is 4.83. The molecule has 0 radical (unpaired) electrons. The zero-order valence-corrected chi connectivity index (χ0v) is 9.26. The topological polar surface area (TPSA) is 94.5 Å². The Kier molecular flexibility index (Phi) is 3.24. The molecule has 0 aromatic carbocycles. The lowest BCUT2D eigenvalue weighted by Gasteiger charge is -2.07. The molecule has 0 unspecified atom stereocenters. The van der Waals surface area contributed by atoms with Crippen LogP contribution in [0.15, 0.2) is 12.5 Å². The zero-order valence-electron chi connectivity index (χ0n) is 9.26. The third kappa shape index (κ3) is 2.36. The molecule has 3 N–H and O–H groups in total. The third-order valence-corrected chi connectivity index (χ3v) is 2.08. The Morgan fingerprint density at radius 3 is 2.94 bits per heavy atom. The van der Waals surface area contributed by atoms with Crippen molar-refractivity contribution in [2.75, 3.05) is 18.4 Å². The van der Waals surface area contributed by atoms with Gasteiger partial charge in [-0.25, -0.2) is 14.4 Å². The predicted octanol–water partition coefficient (Wildman–Crippen LogP) is -0.125. The van der Waals surface area contributed by atoms with E-state index in [0.29, 0.717) is 18.9 Å². The van der Waals surface area contributed by atoms with Gasteiger partial charge in [-0.2, -0.15) is 14.8 Å². The molecule has 0 saturated heterocycles. The van der Waals surface area contributed by atoms with Gasteiger partial charge in [-0.05, 0) is 6.92 Å². The Bertz CT molecular complexity index is 510. The Morgan fingerprint density at radius 1 is 1.47 bits per heavy atom. The lowest BCUT2D eigenvalue weighted by atomic mass is 10.5. The minimum Gasteiger partial charge on any atom is -0.366 e. The van der Waals surface area contributed by atoms with E-state index in [1.807, 2.05) is 0 Å². The van der Waals surface area contributed by atoms with Crippen molar-refractivity contribution in [1.29, 1.82) is 0 Å². The molecule has 0 amide bonds. The van der Waals surface area contributed by atoms with E-state index >= 15 is 0 Å². The van der Waals surface area contributed by atoms with E-state index in [2.05, 4.69) is 25.4 Å². The summed E-state index contributed by atoms with van der Waals surface area (Å²) in [6.45, 7) is 2.58. The van der Waals surface area contributed by atoms with Crippen molar-refractivity contribution in [1.82, 2.24) is 24.7 Å². The van der Waals surface area contributed by atoms with Gasteiger partial charge in [0.15, 0.2) is 11.6 Å². The number of aromatic nitrogens is 5. The van der Waals surface area contributed by atoms with Crippen molar-refractivity contribution in [3.63, 3.8) is 0 Å². The van der Waals surface area contributed by atoms with E-state index in [1.165, 1.54) is 11.0 Å². The summed E-state index contributed by atoms with van der Waals surface area (Å²) >= 11 is 0. The van der Waals surface area contributed by atoms with Crippen molar-refractivity contribution in [2.45, 2.75) is 6.92 Å². The van der Waals surface area contributed by atoms with Crippen LogP contribution in [0.25, 0.3) is 5.95 Å². The number of halogens is 1. The summed E-state index contributed by atoms with van der Waals surface area (Å²) < 4.78 is 14.8. The second-order valence-corrected chi connectivity index (χ2v) is 3.30. The van der Waals surface area contributed by atoms with Crippen LogP contribution in [0, 0.1) is 12.7 Å². The largest absolute Gasteiger partial charge is 0.366 e. The molecule has 2 rings (SSSR count). The zero-order chi connectivity index (χ0) is 12.3. The number of nitrogens with one attached hydrogen (secondary N) is 1. The van der Waals surface area contributed by atoms with Crippen molar-refractivity contribution < 1.29 is 4.39 Å². The summed E-state index contributed by atoms with van der Waals surface area (Å²) in [6.07, 6.45) is 2.47. The van der Waals surface area contributed by atoms with Crippen LogP contribution in [0.2, 0.25) is 0 Å². The van der Waals surface area contributed by atoms with Crippen molar-refractivity contribution in [3.8, 4) is 5.95 Å². The summed E-state index contributed by atoms with van der Waals surface area (Å²) in [6, 6.07) is 0. The van der Waals surface area contributed by atoms with E-state index < -0.39 is 5.82 Å². The lowest BCUT2D eigenvalue weighted by molar-refractivity contribution is 0.611. The molecule has 90 valence electrons. The molecule has 7 nitrogen and oxygen atoms in total. The van der Waals surface area contributed by atoms with Crippen LogP contribution >= 0.6 is 0 Å². The molecule has 0 bridgehead atoms. The highest BCUT2D eigenvalue weighted by atomic mass is 19.1. The molecule has 0 atom stereocenters. The van der Waals surface area contributed by atoms with Gasteiger partial charge in [0.05, 0.1) is 6.20 Å². The van der Waals surface area contributed by atoms with Crippen molar-refractivity contribution in [3.05, 3.63) is 24.2 Å². The first kappa shape index (κ1) is 11.4. The fourth-order valence-electron chi connectivity index (χ4n) is 1.27. The van der Waals surface area contributed by atoms with Gasteiger partial charge in [-0.3, -0.25) is 0 Å². The summed E-state index contributed by atoms with van der Waals surface area (Å²) in [4.78, 5) is 11.8. The molecule has 0 spiro atoms. The van der Waals surface area contributed by atoms with E-state index in [0.717, 1.165) is 6.20 Å². The van der Waals surface area contributed by atoms with Crippen LogP contribution in [0.5, 0.6) is 0 Å². The van der Waals surface area contributed by atoms with Crippen LogP contribution in [0.1, 0.15) is 5.82 Å². The van der Waals surface area contributed by atoms with Gasteiger partial charge in [0.2, 0.25) is 0 Å². The van der Waals surface area contributed by atoms with E-state index in [9.17, 15) is 4.39 Å².